The van der Waals surface area contributed by atoms with Crippen LogP contribution in [-0.2, 0) is 9.59 Å². The van der Waals surface area contributed by atoms with Gasteiger partial charge in [0, 0.05) is 37.6 Å². The molecule has 170 valence electrons. The molecule has 1 saturated carbocycles. The zero-order valence-electron chi connectivity index (χ0n) is 19.3. The molecule has 0 bridgehead atoms. The van der Waals surface area contributed by atoms with Crippen molar-refractivity contribution in [1.29, 1.82) is 0 Å². The number of allylic oxidation sites excluding steroid dienone is 2. The molecule has 3 N–H and O–H groups in total. The molecular formula is C24H41N3O3. The number of aliphatic imine (C=N–C) groups is 1. The lowest BCUT2D eigenvalue weighted by Gasteiger charge is -2.41. The second-order valence-electron chi connectivity index (χ2n) is 8.13. The topological polar surface area (TPSA) is 96.0 Å². The number of hydrogen-bond acceptors (Lipinski definition) is 4. The highest BCUT2D eigenvalue weighted by Gasteiger charge is 2.38. The van der Waals surface area contributed by atoms with Crippen LogP contribution in [0.3, 0.4) is 0 Å². The number of carboxylic acid groups (broad SMARTS) is 1. The fraction of sp³-hybridized carbons (Fsp3) is 0.708. The van der Waals surface area contributed by atoms with Gasteiger partial charge in [-0.3, -0.25) is 14.6 Å². The molecule has 2 fully saturated rings. The summed E-state index contributed by atoms with van der Waals surface area (Å²) < 4.78 is 0. The van der Waals surface area contributed by atoms with Gasteiger partial charge in [0.2, 0.25) is 5.91 Å². The molecule has 0 aromatic rings. The Morgan fingerprint density at radius 1 is 1.13 bits per heavy atom. The predicted octanol–water partition coefficient (Wildman–Crippen LogP) is 4.41. The quantitative estimate of drug-likeness (QED) is 0.363. The molecule has 1 saturated heterocycles. The first-order valence-corrected chi connectivity index (χ1v) is 11.6. The van der Waals surface area contributed by atoms with Gasteiger partial charge in [-0.15, -0.1) is 0 Å². The van der Waals surface area contributed by atoms with Gasteiger partial charge in [-0.25, -0.2) is 0 Å². The van der Waals surface area contributed by atoms with E-state index in [0.29, 0.717) is 43.1 Å². The molecule has 0 radical (unpaired) electrons. The minimum absolute atomic E-state index is 0.0709. The van der Waals surface area contributed by atoms with E-state index in [1.165, 1.54) is 19.3 Å². The van der Waals surface area contributed by atoms with Crippen molar-refractivity contribution in [2.45, 2.75) is 72.1 Å². The summed E-state index contributed by atoms with van der Waals surface area (Å²) in [6.45, 7) is 6.97. The number of carbonyl (C=O) groups excluding carboxylic acids is 1. The molecule has 30 heavy (non-hydrogen) atoms. The summed E-state index contributed by atoms with van der Waals surface area (Å²) in [6.07, 6.45) is 13.1. The smallest absolute Gasteiger partial charge is 0.308 e. The molecular weight excluding hydrogens is 378 g/mol. The van der Waals surface area contributed by atoms with Gasteiger partial charge in [0.05, 0.1) is 5.92 Å². The van der Waals surface area contributed by atoms with E-state index in [9.17, 15) is 14.7 Å². The average molecular weight is 420 g/mol. The van der Waals surface area contributed by atoms with Crippen LogP contribution < -0.4 is 5.73 Å². The molecule has 1 aliphatic carbocycles. The number of nitrogens with zero attached hydrogens (tertiary/aromatic N) is 2. The highest BCUT2D eigenvalue weighted by Crippen LogP contribution is 2.37. The minimum Gasteiger partial charge on any atom is -0.481 e. The average Bonchev–Trinajstić information content (AvgIpc) is 2.78. The largest absolute Gasteiger partial charge is 0.481 e. The Labute approximate surface area is 182 Å². The number of rotatable bonds is 7. The molecule has 1 heterocycles. The van der Waals surface area contributed by atoms with Crippen molar-refractivity contribution in [3.05, 3.63) is 23.4 Å². The van der Waals surface area contributed by atoms with Crippen LogP contribution in [0, 0.1) is 17.8 Å². The van der Waals surface area contributed by atoms with Crippen molar-refractivity contribution in [2.75, 3.05) is 20.1 Å². The minimum atomic E-state index is -0.794. The van der Waals surface area contributed by atoms with Gasteiger partial charge >= 0.3 is 5.97 Å². The molecule has 0 spiro atoms. The number of hydrogen-bond donors (Lipinski definition) is 2. The Morgan fingerprint density at radius 2 is 1.80 bits per heavy atom. The molecule has 6 heteroatoms. The van der Waals surface area contributed by atoms with Crippen LogP contribution in [0.15, 0.2) is 28.4 Å². The summed E-state index contributed by atoms with van der Waals surface area (Å²) in [5.74, 6) is -0.526. The summed E-state index contributed by atoms with van der Waals surface area (Å²) in [5.41, 5.74) is 7.14. The van der Waals surface area contributed by atoms with E-state index in [1.807, 2.05) is 20.8 Å². The second-order valence-corrected chi connectivity index (χ2v) is 8.13. The van der Waals surface area contributed by atoms with E-state index in [4.69, 9.17) is 5.73 Å². The van der Waals surface area contributed by atoms with Crippen LogP contribution in [0.2, 0.25) is 0 Å². The maximum absolute atomic E-state index is 13.2. The summed E-state index contributed by atoms with van der Waals surface area (Å²) in [7, 11) is 1.66. The van der Waals surface area contributed by atoms with Gasteiger partial charge in [0.1, 0.15) is 0 Å². The van der Waals surface area contributed by atoms with Crippen molar-refractivity contribution in [2.24, 2.45) is 28.5 Å². The Kier molecular flexibility index (Phi) is 12.1. The maximum atomic E-state index is 13.2. The molecule has 1 amide bonds. The predicted molar refractivity (Wildman–Crippen MR) is 123 cm³/mol. The molecule has 1 aliphatic heterocycles. The van der Waals surface area contributed by atoms with E-state index in [0.717, 1.165) is 19.3 Å². The number of likely N-dealkylation sites (tertiary alicyclic amines) is 1. The molecule has 0 aromatic carbocycles. The number of nitrogens with two attached hydrogens (primary N) is 1. The van der Waals surface area contributed by atoms with Crippen molar-refractivity contribution in [3.8, 4) is 0 Å². The van der Waals surface area contributed by atoms with Gasteiger partial charge in [-0.2, -0.15) is 0 Å². The number of carboxylic acids is 1. The number of aliphatic carboxylic acids is 1. The van der Waals surface area contributed by atoms with Crippen molar-refractivity contribution >= 4 is 18.1 Å². The first-order chi connectivity index (χ1) is 14.5. The SMILES string of the molecule is CC.CCC/C(=C\C(N)=C\C=NC)C(=O)N1CC(C(=O)O)CC(C2CCCCC2)C1. The fourth-order valence-corrected chi connectivity index (χ4v) is 4.55. The van der Waals surface area contributed by atoms with E-state index in [1.54, 1.807) is 30.3 Å². The summed E-state index contributed by atoms with van der Waals surface area (Å²) in [5, 5.41) is 9.64. The monoisotopic (exact) mass is 419 g/mol. The summed E-state index contributed by atoms with van der Waals surface area (Å²) in [6, 6.07) is 0. The van der Waals surface area contributed by atoms with Crippen LogP contribution in [0.25, 0.3) is 0 Å². The van der Waals surface area contributed by atoms with E-state index in [2.05, 4.69) is 4.99 Å². The lowest BCUT2D eigenvalue weighted by Crippen LogP contribution is -2.48. The Bertz CT molecular complexity index is 634. The van der Waals surface area contributed by atoms with Crippen LogP contribution in [0.1, 0.15) is 72.1 Å². The number of piperidine rings is 1. The summed E-state index contributed by atoms with van der Waals surface area (Å²) >= 11 is 0. The lowest BCUT2D eigenvalue weighted by atomic mass is 9.74. The van der Waals surface area contributed by atoms with Crippen molar-refractivity contribution in [1.82, 2.24) is 4.90 Å². The highest BCUT2D eigenvalue weighted by atomic mass is 16.4. The Balaban J connectivity index is 0.00000218. The molecule has 2 unspecified atom stereocenters. The zero-order chi connectivity index (χ0) is 22.5. The third-order valence-corrected chi connectivity index (χ3v) is 5.99. The number of amides is 1. The molecule has 6 nitrogen and oxygen atoms in total. The van der Waals surface area contributed by atoms with Gasteiger partial charge in [0.15, 0.2) is 0 Å². The normalized spacial score (nSPS) is 23.8. The van der Waals surface area contributed by atoms with Crippen molar-refractivity contribution < 1.29 is 14.7 Å². The third-order valence-electron chi connectivity index (χ3n) is 5.99. The molecule has 2 rings (SSSR count). The van der Waals surface area contributed by atoms with Crippen LogP contribution in [0.4, 0.5) is 0 Å². The Hall–Kier alpha value is -2.11. The van der Waals surface area contributed by atoms with Crippen LogP contribution >= 0.6 is 0 Å². The number of carbonyl (C=O) groups is 2. The van der Waals surface area contributed by atoms with Gasteiger partial charge in [0.25, 0.3) is 0 Å². The second kappa shape index (κ2) is 14.0. The van der Waals surface area contributed by atoms with E-state index < -0.39 is 11.9 Å². The fourth-order valence-electron chi connectivity index (χ4n) is 4.55. The van der Waals surface area contributed by atoms with E-state index >= 15 is 0 Å². The zero-order valence-corrected chi connectivity index (χ0v) is 19.3. The Morgan fingerprint density at radius 3 is 2.37 bits per heavy atom. The van der Waals surface area contributed by atoms with Crippen LogP contribution in [0.5, 0.6) is 0 Å². The molecule has 2 atom stereocenters. The first-order valence-electron chi connectivity index (χ1n) is 11.6. The highest BCUT2D eigenvalue weighted by molar-refractivity contribution is 5.94. The third kappa shape index (κ3) is 7.96. The molecule has 0 aromatic heterocycles. The van der Waals surface area contributed by atoms with Gasteiger partial charge in [-0.05, 0) is 36.8 Å². The standard InChI is InChI=1S/C22H35N3O3.C2H6/c1-3-7-17(13-20(23)10-11-24-2)21(26)25-14-18(12-19(15-25)22(27)28)16-8-5-4-6-9-16;1-2/h10-11,13,16,18-19H,3-9,12,14-15,23H2,1-2H3,(H,27,28);1-2H3/b17-13+,20-10-,24-11?;. The van der Waals surface area contributed by atoms with Crippen molar-refractivity contribution in [3.63, 3.8) is 0 Å². The first kappa shape index (κ1) is 25.9. The van der Waals surface area contributed by atoms with Gasteiger partial charge < -0.3 is 15.7 Å². The maximum Gasteiger partial charge on any atom is 0.308 e. The lowest BCUT2D eigenvalue weighted by molar-refractivity contribution is -0.147. The summed E-state index contributed by atoms with van der Waals surface area (Å²) in [4.78, 5) is 30.6. The molecule has 2 aliphatic rings. The van der Waals surface area contributed by atoms with E-state index in [-0.39, 0.29) is 11.8 Å². The van der Waals surface area contributed by atoms with Gasteiger partial charge in [-0.1, -0.05) is 59.3 Å². The van der Waals surface area contributed by atoms with Crippen LogP contribution in [-0.4, -0.2) is 48.2 Å².